The predicted octanol–water partition coefficient (Wildman–Crippen LogP) is 0.896. The Hall–Kier alpha value is -3.81. The molecule has 3 fully saturated rings. The molecule has 0 radical (unpaired) electrons. The van der Waals surface area contributed by atoms with E-state index in [4.69, 9.17) is 10.5 Å². The van der Waals surface area contributed by atoms with E-state index in [2.05, 4.69) is 25.2 Å². The van der Waals surface area contributed by atoms with Gasteiger partial charge in [-0.1, -0.05) is 0 Å². The lowest BCUT2D eigenvalue weighted by molar-refractivity contribution is -0.138. The summed E-state index contributed by atoms with van der Waals surface area (Å²) in [6.07, 6.45) is -1.24. The van der Waals surface area contributed by atoms with Gasteiger partial charge in [0, 0.05) is 31.7 Å². The van der Waals surface area contributed by atoms with Gasteiger partial charge in [0.1, 0.15) is 18.2 Å². The van der Waals surface area contributed by atoms with Gasteiger partial charge in [-0.05, 0) is 12.5 Å². The predicted molar refractivity (Wildman–Crippen MR) is 106 cm³/mol. The average Bonchev–Trinajstić information content (AvgIpc) is 2.79. The Morgan fingerprint density at radius 3 is 2.42 bits per heavy atom. The number of rotatable bonds is 5. The molecule has 3 saturated heterocycles. The van der Waals surface area contributed by atoms with Crippen molar-refractivity contribution >= 4 is 17.3 Å². The number of nitrogens with one attached hydrogen (secondary N) is 1. The molecule has 13 heteroatoms. The first-order valence-electron chi connectivity index (χ1n) is 9.88. The van der Waals surface area contributed by atoms with Crippen LogP contribution in [-0.4, -0.2) is 68.7 Å². The summed E-state index contributed by atoms with van der Waals surface area (Å²) in [5.41, 5.74) is -1.54. The molecule has 5 rings (SSSR count). The Kier molecular flexibility index (Phi) is 5.84. The molecule has 1 amide bonds. The SMILES string of the molecule is N#Cc1ncc(N2C3CC2CN(CC(O)C(=O)Nc2cnc(C#N)c(C(F)(F)F)c2)C3)cn1. The summed E-state index contributed by atoms with van der Waals surface area (Å²) in [4.78, 5) is 27.7. The van der Waals surface area contributed by atoms with Gasteiger partial charge in [0.15, 0.2) is 5.69 Å². The molecule has 2 aromatic heterocycles. The number of aromatic nitrogens is 3. The average molecular weight is 458 g/mol. The van der Waals surface area contributed by atoms with Crippen LogP contribution in [0.1, 0.15) is 23.5 Å². The van der Waals surface area contributed by atoms with Crippen LogP contribution >= 0.6 is 0 Å². The minimum atomic E-state index is -4.81. The molecular formula is C20H17F3N8O2. The van der Waals surface area contributed by atoms with Crippen LogP contribution in [0.5, 0.6) is 0 Å². The van der Waals surface area contributed by atoms with E-state index in [0.717, 1.165) is 18.3 Å². The number of aliphatic hydroxyl groups is 1. The Bertz CT molecular complexity index is 1130. The monoisotopic (exact) mass is 458 g/mol. The van der Waals surface area contributed by atoms with E-state index in [1.165, 1.54) is 6.07 Å². The number of pyridine rings is 1. The van der Waals surface area contributed by atoms with E-state index in [1.54, 1.807) is 12.4 Å². The van der Waals surface area contributed by atoms with E-state index in [-0.39, 0.29) is 30.1 Å². The number of amides is 1. The lowest BCUT2D eigenvalue weighted by Crippen LogP contribution is -2.69. The molecule has 3 aliphatic rings. The van der Waals surface area contributed by atoms with Gasteiger partial charge in [-0.25, -0.2) is 15.0 Å². The molecule has 2 N–H and O–H groups in total. The summed E-state index contributed by atoms with van der Waals surface area (Å²) >= 11 is 0. The van der Waals surface area contributed by atoms with Gasteiger partial charge in [-0.15, -0.1) is 0 Å². The van der Waals surface area contributed by atoms with Crippen LogP contribution < -0.4 is 10.2 Å². The van der Waals surface area contributed by atoms with Gasteiger partial charge in [0.05, 0.1) is 35.5 Å². The number of hydrogen-bond acceptors (Lipinski definition) is 9. The standard InChI is InChI=1S/C20H17F3N8O2/c21-20(22,23)15-1-11(5-26-16(15)3-24)29-19(33)17(32)10-30-8-12-2-13(9-30)31(12)14-6-27-18(4-25)28-7-14/h1,5-7,12-13,17,32H,2,8-10H2,(H,29,33). The maximum Gasteiger partial charge on any atom is 0.419 e. The fourth-order valence-corrected chi connectivity index (χ4v) is 4.17. The van der Waals surface area contributed by atoms with Crippen LogP contribution in [0.3, 0.4) is 0 Å². The van der Waals surface area contributed by atoms with Gasteiger partial charge in [-0.3, -0.25) is 9.69 Å². The lowest BCUT2D eigenvalue weighted by Gasteiger charge is -2.57. The molecule has 3 aliphatic heterocycles. The first-order valence-corrected chi connectivity index (χ1v) is 9.88. The summed E-state index contributed by atoms with van der Waals surface area (Å²) in [6, 6.07) is 4.11. The van der Waals surface area contributed by atoms with Gasteiger partial charge in [-0.2, -0.15) is 23.7 Å². The number of carbonyl (C=O) groups excluding carboxylic acids is 1. The Balaban J connectivity index is 1.34. The quantitative estimate of drug-likeness (QED) is 0.668. The number of piperidine rings is 1. The third-order valence-corrected chi connectivity index (χ3v) is 5.61. The largest absolute Gasteiger partial charge is 0.419 e. The number of anilines is 2. The number of alkyl halides is 3. The highest BCUT2D eigenvalue weighted by Crippen LogP contribution is 2.36. The normalized spacial score (nSPS) is 20.8. The van der Waals surface area contributed by atoms with Gasteiger partial charge in [0.25, 0.3) is 5.91 Å². The molecule has 3 atom stereocenters. The van der Waals surface area contributed by atoms with Crippen molar-refractivity contribution < 1.29 is 23.1 Å². The van der Waals surface area contributed by atoms with Gasteiger partial charge >= 0.3 is 6.18 Å². The zero-order valence-corrected chi connectivity index (χ0v) is 17.0. The maximum absolute atomic E-state index is 13.1. The molecule has 2 aromatic rings. The molecule has 2 bridgehead atoms. The van der Waals surface area contributed by atoms with Crippen LogP contribution in [0.15, 0.2) is 24.7 Å². The Morgan fingerprint density at radius 1 is 1.18 bits per heavy atom. The van der Waals surface area contributed by atoms with E-state index < -0.39 is 29.4 Å². The second-order valence-corrected chi connectivity index (χ2v) is 7.78. The molecule has 5 heterocycles. The molecule has 0 aromatic carbocycles. The van der Waals surface area contributed by atoms with Crippen molar-refractivity contribution in [2.45, 2.75) is 30.8 Å². The highest BCUT2D eigenvalue weighted by Gasteiger charge is 2.45. The highest BCUT2D eigenvalue weighted by molar-refractivity contribution is 5.94. The minimum absolute atomic E-state index is 0.00633. The fraction of sp³-hybridized carbons (Fsp3) is 0.400. The summed E-state index contributed by atoms with van der Waals surface area (Å²) in [5.74, 6) is -0.786. The highest BCUT2D eigenvalue weighted by atomic mass is 19.4. The number of carbonyl (C=O) groups is 1. The van der Waals surface area contributed by atoms with Gasteiger partial charge < -0.3 is 15.3 Å². The van der Waals surface area contributed by atoms with E-state index in [0.29, 0.717) is 19.2 Å². The fourth-order valence-electron chi connectivity index (χ4n) is 4.17. The second-order valence-electron chi connectivity index (χ2n) is 7.78. The molecular weight excluding hydrogens is 441 g/mol. The number of nitriles is 2. The minimum Gasteiger partial charge on any atom is -0.382 e. The number of hydrogen-bond donors (Lipinski definition) is 2. The van der Waals surface area contributed by atoms with Gasteiger partial charge in [0.2, 0.25) is 5.82 Å². The topological polar surface area (TPSA) is 142 Å². The lowest BCUT2D eigenvalue weighted by atomic mass is 9.87. The Morgan fingerprint density at radius 2 is 1.85 bits per heavy atom. The Labute approximate surface area is 185 Å². The van der Waals surface area contributed by atoms with Crippen molar-refractivity contribution in [1.29, 1.82) is 10.5 Å². The second kappa shape index (κ2) is 8.61. The third-order valence-electron chi connectivity index (χ3n) is 5.61. The molecule has 0 saturated carbocycles. The summed E-state index contributed by atoms with van der Waals surface area (Å²) in [6.45, 7) is 1.14. The smallest absolute Gasteiger partial charge is 0.382 e. The summed E-state index contributed by atoms with van der Waals surface area (Å²) < 4.78 is 39.2. The zero-order chi connectivity index (χ0) is 23.8. The van der Waals surface area contributed by atoms with Crippen molar-refractivity contribution in [1.82, 2.24) is 19.9 Å². The van der Waals surface area contributed by atoms with E-state index in [1.807, 2.05) is 11.0 Å². The van der Waals surface area contributed by atoms with Crippen LogP contribution in [0.4, 0.5) is 24.5 Å². The van der Waals surface area contributed by atoms with Crippen LogP contribution in [-0.2, 0) is 11.0 Å². The first kappa shape index (κ1) is 22.4. The number of fused-ring (bicyclic) bond motifs is 2. The van der Waals surface area contributed by atoms with Crippen molar-refractivity contribution in [3.63, 3.8) is 0 Å². The molecule has 170 valence electrons. The van der Waals surface area contributed by atoms with Crippen molar-refractivity contribution in [2.24, 2.45) is 0 Å². The number of nitrogens with zero attached hydrogens (tertiary/aromatic N) is 7. The first-order chi connectivity index (χ1) is 15.7. The summed E-state index contributed by atoms with van der Waals surface area (Å²) in [7, 11) is 0. The number of piperazine rings is 1. The summed E-state index contributed by atoms with van der Waals surface area (Å²) in [5, 5.41) is 30.1. The van der Waals surface area contributed by atoms with Crippen LogP contribution in [0, 0.1) is 22.7 Å². The van der Waals surface area contributed by atoms with Crippen molar-refractivity contribution in [3.8, 4) is 12.1 Å². The maximum atomic E-state index is 13.1. The molecule has 0 aliphatic carbocycles. The number of aliphatic hydroxyl groups excluding tert-OH is 1. The molecule has 0 spiro atoms. The van der Waals surface area contributed by atoms with Crippen molar-refractivity contribution in [2.75, 3.05) is 29.9 Å². The molecule has 3 unspecified atom stereocenters. The van der Waals surface area contributed by atoms with E-state index in [9.17, 15) is 23.1 Å². The van der Waals surface area contributed by atoms with E-state index >= 15 is 0 Å². The van der Waals surface area contributed by atoms with Crippen molar-refractivity contribution in [3.05, 3.63) is 41.7 Å². The molecule has 33 heavy (non-hydrogen) atoms. The van der Waals surface area contributed by atoms with Crippen LogP contribution in [0.2, 0.25) is 0 Å². The van der Waals surface area contributed by atoms with Crippen LogP contribution in [0.25, 0.3) is 0 Å². The molecule has 10 nitrogen and oxygen atoms in total. The third kappa shape index (κ3) is 4.55. The number of halogens is 3. The zero-order valence-electron chi connectivity index (χ0n) is 17.0.